The predicted octanol–water partition coefficient (Wildman–Crippen LogP) is 2.79. The summed E-state index contributed by atoms with van der Waals surface area (Å²) in [6.07, 6.45) is -5.02. The van der Waals surface area contributed by atoms with E-state index in [1.807, 2.05) is 0 Å². The SMILES string of the molecule is Cl.NC(CCO)c1ccc(C(F)(F)F)c(F)c1F. The molecule has 1 rings (SSSR count). The molecule has 0 spiro atoms. The fourth-order valence-electron chi connectivity index (χ4n) is 1.36. The summed E-state index contributed by atoms with van der Waals surface area (Å²) in [4.78, 5) is 0. The standard InChI is InChI=1S/C10H10F5NO.ClH/c11-8-5(7(16)3-4-17)1-2-6(9(8)12)10(13,14)15;/h1-2,7,17H,3-4,16H2;1H. The summed E-state index contributed by atoms with van der Waals surface area (Å²) in [6.45, 7) is -0.372. The average Bonchev–Trinajstić information content (AvgIpc) is 2.20. The van der Waals surface area contributed by atoms with Crippen molar-refractivity contribution in [1.29, 1.82) is 0 Å². The first kappa shape index (κ1) is 17.1. The summed E-state index contributed by atoms with van der Waals surface area (Å²) in [5.41, 5.74) is 3.33. The highest BCUT2D eigenvalue weighted by Crippen LogP contribution is 2.34. The van der Waals surface area contributed by atoms with Gasteiger partial charge in [-0.1, -0.05) is 6.07 Å². The van der Waals surface area contributed by atoms with Crippen LogP contribution < -0.4 is 5.73 Å². The third kappa shape index (κ3) is 3.54. The molecule has 18 heavy (non-hydrogen) atoms. The van der Waals surface area contributed by atoms with E-state index in [0.717, 1.165) is 6.07 Å². The fraction of sp³-hybridized carbons (Fsp3) is 0.400. The Balaban J connectivity index is 0.00000289. The normalized spacial score (nSPS) is 13.1. The van der Waals surface area contributed by atoms with Gasteiger partial charge in [-0.25, -0.2) is 8.78 Å². The minimum absolute atomic E-state index is 0. The summed E-state index contributed by atoms with van der Waals surface area (Å²) >= 11 is 0. The van der Waals surface area contributed by atoms with Gasteiger partial charge in [0, 0.05) is 18.2 Å². The van der Waals surface area contributed by atoms with Crippen LogP contribution in [0.25, 0.3) is 0 Å². The van der Waals surface area contributed by atoms with Crippen LogP contribution in [0.15, 0.2) is 12.1 Å². The molecule has 0 bridgehead atoms. The van der Waals surface area contributed by atoms with Gasteiger partial charge in [-0.05, 0) is 12.5 Å². The average molecular weight is 292 g/mol. The largest absolute Gasteiger partial charge is 0.419 e. The number of halogens is 6. The van der Waals surface area contributed by atoms with Gasteiger partial charge in [0.15, 0.2) is 11.6 Å². The van der Waals surface area contributed by atoms with Crippen molar-refractivity contribution in [3.05, 3.63) is 34.9 Å². The highest BCUT2D eigenvalue weighted by molar-refractivity contribution is 5.85. The van der Waals surface area contributed by atoms with E-state index < -0.39 is 29.4 Å². The summed E-state index contributed by atoms with van der Waals surface area (Å²) < 4.78 is 63.2. The van der Waals surface area contributed by atoms with Crippen LogP contribution in [0.1, 0.15) is 23.6 Å². The summed E-state index contributed by atoms with van der Waals surface area (Å²) in [5.74, 6) is -3.59. The first-order chi connectivity index (χ1) is 7.79. The molecule has 0 saturated carbocycles. The number of benzene rings is 1. The lowest BCUT2D eigenvalue weighted by Gasteiger charge is -2.15. The highest BCUT2D eigenvalue weighted by Gasteiger charge is 2.36. The maximum atomic E-state index is 13.3. The molecule has 0 aliphatic rings. The summed E-state index contributed by atoms with van der Waals surface area (Å²) in [7, 11) is 0. The van der Waals surface area contributed by atoms with E-state index in [0.29, 0.717) is 6.07 Å². The summed E-state index contributed by atoms with van der Waals surface area (Å²) in [5, 5.41) is 8.57. The second kappa shape index (κ2) is 6.31. The molecule has 0 fully saturated rings. The first-order valence-electron chi connectivity index (χ1n) is 4.70. The lowest BCUT2D eigenvalue weighted by Crippen LogP contribution is -2.17. The smallest absolute Gasteiger partial charge is 0.396 e. The Bertz CT molecular complexity index is 410. The van der Waals surface area contributed by atoms with E-state index in [-0.39, 0.29) is 31.0 Å². The Morgan fingerprint density at radius 2 is 1.72 bits per heavy atom. The zero-order valence-electron chi connectivity index (χ0n) is 8.97. The second-order valence-electron chi connectivity index (χ2n) is 3.45. The van der Waals surface area contributed by atoms with Crippen molar-refractivity contribution in [1.82, 2.24) is 0 Å². The van der Waals surface area contributed by atoms with Gasteiger partial charge in [-0.2, -0.15) is 13.2 Å². The Morgan fingerprint density at radius 1 is 1.17 bits per heavy atom. The van der Waals surface area contributed by atoms with Gasteiger partial charge in [-0.15, -0.1) is 12.4 Å². The van der Waals surface area contributed by atoms with Gasteiger partial charge in [0.2, 0.25) is 0 Å². The number of aliphatic hydroxyl groups excluding tert-OH is 1. The van der Waals surface area contributed by atoms with E-state index in [9.17, 15) is 22.0 Å². The lowest BCUT2D eigenvalue weighted by atomic mass is 10.0. The predicted molar refractivity (Wildman–Crippen MR) is 57.2 cm³/mol. The van der Waals surface area contributed by atoms with E-state index in [1.165, 1.54) is 0 Å². The number of rotatable bonds is 3. The van der Waals surface area contributed by atoms with Crippen LogP contribution in [0.4, 0.5) is 22.0 Å². The third-order valence-corrected chi connectivity index (χ3v) is 2.26. The van der Waals surface area contributed by atoms with E-state index in [4.69, 9.17) is 10.8 Å². The van der Waals surface area contributed by atoms with Crippen LogP contribution in [0.3, 0.4) is 0 Å². The van der Waals surface area contributed by atoms with Crippen molar-refractivity contribution in [3.63, 3.8) is 0 Å². The number of aliphatic hydroxyl groups is 1. The minimum atomic E-state index is -4.95. The maximum Gasteiger partial charge on any atom is 0.419 e. The highest BCUT2D eigenvalue weighted by atomic mass is 35.5. The monoisotopic (exact) mass is 291 g/mol. The Morgan fingerprint density at radius 3 is 2.17 bits per heavy atom. The second-order valence-corrected chi connectivity index (χ2v) is 3.45. The fourth-order valence-corrected chi connectivity index (χ4v) is 1.36. The van der Waals surface area contributed by atoms with Crippen molar-refractivity contribution in [2.75, 3.05) is 6.61 Å². The van der Waals surface area contributed by atoms with Crippen LogP contribution in [0.2, 0.25) is 0 Å². The molecule has 1 aromatic carbocycles. The molecule has 1 aromatic rings. The molecule has 0 amide bonds. The minimum Gasteiger partial charge on any atom is -0.396 e. The van der Waals surface area contributed by atoms with Crippen molar-refractivity contribution in [3.8, 4) is 0 Å². The quantitative estimate of drug-likeness (QED) is 0.841. The number of hydrogen-bond donors (Lipinski definition) is 2. The van der Waals surface area contributed by atoms with Gasteiger partial charge in [0.05, 0.1) is 5.56 Å². The topological polar surface area (TPSA) is 46.2 Å². The molecule has 0 aromatic heterocycles. The van der Waals surface area contributed by atoms with Crippen LogP contribution >= 0.6 is 12.4 Å². The van der Waals surface area contributed by atoms with Crippen LogP contribution in [0.5, 0.6) is 0 Å². The molecule has 1 atom stereocenters. The van der Waals surface area contributed by atoms with E-state index in [1.54, 1.807) is 0 Å². The van der Waals surface area contributed by atoms with Crippen LogP contribution in [0, 0.1) is 11.6 Å². The molecule has 0 heterocycles. The number of hydrogen-bond acceptors (Lipinski definition) is 2. The van der Waals surface area contributed by atoms with Crippen molar-refractivity contribution in [2.24, 2.45) is 5.73 Å². The van der Waals surface area contributed by atoms with E-state index >= 15 is 0 Å². The Labute approximate surface area is 106 Å². The molecule has 0 saturated heterocycles. The molecule has 104 valence electrons. The third-order valence-electron chi connectivity index (χ3n) is 2.26. The van der Waals surface area contributed by atoms with Gasteiger partial charge in [0.25, 0.3) is 0 Å². The molecule has 8 heteroatoms. The molecule has 1 unspecified atom stereocenters. The molecular weight excluding hydrogens is 281 g/mol. The van der Waals surface area contributed by atoms with Gasteiger partial charge >= 0.3 is 6.18 Å². The van der Waals surface area contributed by atoms with Gasteiger partial charge in [-0.3, -0.25) is 0 Å². The molecule has 0 aliphatic carbocycles. The van der Waals surface area contributed by atoms with E-state index in [2.05, 4.69) is 0 Å². The Hall–Kier alpha value is -0.920. The van der Waals surface area contributed by atoms with Crippen molar-refractivity contribution < 1.29 is 27.1 Å². The Kier molecular flexibility index (Phi) is 5.98. The van der Waals surface area contributed by atoms with Crippen molar-refractivity contribution >= 4 is 12.4 Å². The molecule has 0 aliphatic heterocycles. The summed E-state index contributed by atoms with van der Waals surface area (Å²) in [6, 6.07) is 0.170. The van der Waals surface area contributed by atoms with Gasteiger partial charge < -0.3 is 10.8 Å². The van der Waals surface area contributed by atoms with Gasteiger partial charge in [0.1, 0.15) is 0 Å². The zero-order chi connectivity index (χ0) is 13.2. The number of alkyl halides is 3. The molecular formula is C10H11ClF5NO. The zero-order valence-corrected chi connectivity index (χ0v) is 9.79. The molecule has 3 N–H and O–H groups in total. The molecule has 2 nitrogen and oxygen atoms in total. The van der Waals surface area contributed by atoms with Crippen molar-refractivity contribution in [2.45, 2.75) is 18.6 Å². The molecule has 0 radical (unpaired) electrons. The maximum absolute atomic E-state index is 13.3. The van der Waals surface area contributed by atoms with Crippen LogP contribution in [-0.4, -0.2) is 11.7 Å². The lowest BCUT2D eigenvalue weighted by molar-refractivity contribution is -0.140. The van der Waals surface area contributed by atoms with Crippen LogP contribution in [-0.2, 0) is 6.18 Å². The number of nitrogens with two attached hydrogens (primary N) is 1. The first-order valence-corrected chi connectivity index (χ1v) is 4.70.